The number of carbonyl (C=O) groups is 1. The van der Waals surface area contributed by atoms with Crippen LogP contribution in [-0.4, -0.2) is 29.6 Å². The molecule has 1 heterocycles. The van der Waals surface area contributed by atoms with Crippen molar-refractivity contribution >= 4 is 5.91 Å². The minimum Gasteiger partial charge on any atom is -0.496 e. The number of nitrogens with zero attached hydrogens (tertiary/aromatic N) is 2. The lowest BCUT2D eigenvalue weighted by atomic mass is 10.1. The van der Waals surface area contributed by atoms with Gasteiger partial charge in [-0.3, -0.25) is 4.79 Å². The van der Waals surface area contributed by atoms with Crippen LogP contribution in [0.2, 0.25) is 0 Å². The SMILES string of the molecule is CCCN(Cc1cc(-c2ccccc2OC)on1)C(=O)CC. The van der Waals surface area contributed by atoms with E-state index in [2.05, 4.69) is 12.1 Å². The van der Waals surface area contributed by atoms with Gasteiger partial charge in [-0.25, -0.2) is 0 Å². The highest BCUT2D eigenvalue weighted by Crippen LogP contribution is 2.30. The molecule has 22 heavy (non-hydrogen) atoms. The quantitative estimate of drug-likeness (QED) is 0.785. The number of methoxy groups -OCH3 is 1. The molecular formula is C17H22N2O3. The van der Waals surface area contributed by atoms with Crippen molar-refractivity contribution in [1.82, 2.24) is 10.1 Å². The molecule has 2 aromatic rings. The number of hydrogen-bond acceptors (Lipinski definition) is 4. The van der Waals surface area contributed by atoms with E-state index in [1.807, 2.05) is 42.2 Å². The van der Waals surface area contributed by atoms with Gasteiger partial charge in [-0.15, -0.1) is 0 Å². The van der Waals surface area contributed by atoms with E-state index in [1.54, 1.807) is 7.11 Å². The molecule has 0 aliphatic heterocycles. The third kappa shape index (κ3) is 3.67. The molecule has 0 fully saturated rings. The Balaban J connectivity index is 2.18. The van der Waals surface area contributed by atoms with Gasteiger partial charge < -0.3 is 14.2 Å². The molecule has 1 aromatic carbocycles. The molecule has 5 nitrogen and oxygen atoms in total. The van der Waals surface area contributed by atoms with Crippen LogP contribution in [-0.2, 0) is 11.3 Å². The summed E-state index contributed by atoms with van der Waals surface area (Å²) in [6.07, 6.45) is 1.42. The van der Waals surface area contributed by atoms with Crippen LogP contribution in [0.3, 0.4) is 0 Å². The van der Waals surface area contributed by atoms with Gasteiger partial charge in [0.2, 0.25) is 5.91 Å². The Bertz CT molecular complexity index is 622. The fourth-order valence-corrected chi connectivity index (χ4v) is 2.34. The van der Waals surface area contributed by atoms with E-state index in [0.29, 0.717) is 18.7 Å². The minimum atomic E-state index is 0.128. The van der Waals surface area contributed by atoms with Crippen molar-refractivity contribution in [2.24, 2.45) is 0 Å². The van der Waals surface area contributed by atoms with Gasteiger partial charge in [0.25, 0.3) is 0 Å². The molecule has 0 atom stereocenters. The minimum absolute atomic E-state index is 0.128. The van der Waals surface area contributed by atoms with Crippen molar-refractivity contribution < 1.29 is 14.1 Å². The number of hydrogen-bond donors (Lipinski definition) is 0. The Morgan fingerprint density at radius 3 is 2.77 bits per heavy atom. The first kappa shape index (κ1) is 16.1. The molecule has 0 saturated carbocycles. The van der Waals surface area contributed by atoms with Gasteiger partial charge in [0.15, 0.2) is 5.76 Å². The van der Waals surface area contributed by atoms with Crippen molar-refractivity contribution in [2.45, 2.75) is 33.2 Å². The monoisotopic (exact) mass is 302 g/mol. The summed E-state index contributed by atoms with van der Waals surface area (Å²) < 4.78 is 10.7. The number of benzene rings is 1. The number of carbonyl (C=O) groups excluding carboxylic acids is 1. The lowest BCUT2D eigenvalue weighted by molar-refractivity contribution is -0.131. The molecule has 0 bridgehead atoms. The van der Waals surface area contributed by atoms with E-state index >= 15 is 0 Å². The maximum Gasteiger partial charge on any atom is 0.222 e. The van der Waals surface area contributed by atoms with E-state index < -0.39 is 0 Å². The molecule has 0 unspecified atom stereocenters. The largest absolute Gasteiger partial charge is 0.496 e. The first-order chi connectivity index (χ1) is 10.7. The van der Waals surface area contributed by atoms with Crippen LogP contribution >= 0.6 is 0 Å². The molecule has 2 rings (SSSR count). The fraction of sp³-hybridized carbons (Fsp3) is 0.412. The van der Waals surface area contributed by atoms with E-state index in [4.69, 9.17) is 9.26 Å². The molecule has 1 amide bonds. The lowest BCUT2D eigenvalue weighted by Crippen LogP contribution is -2.30. The van der Waals surface area contributed by atoms with E-state index in [9.17, 15) is 4.79 Å². The lowest BCUT2D eigenvalue weighted by Gasteiger charge is -2.19. The number of para-hydroxylation sites is 1. The summed E-state index contributed by atoms with van der Waals surface area (Å²) in [6, 6.07) is 9.49. The summed E-state index contributed by atoms with van der Waals surface area (Å²) in [5.41, 5.74) is 1.60. The second-order valence-electron chi connectivity index (χ2n) is 5.05. The van der Waals surface area contributed by atoms with Crippen molar-refractivity contribution in [3.8, 4) is 17.1 Å². The maximum absolute atomic E-state index is 11.9. The number of aromatic nitrogens is 1. The van der Waals surface area contributed by atoms with E-state index in [0.717, 1.165) is 30.0 Å². The molecule has 118 valence electrons. The van der Waals surface area contributed by atoms with Gasteiger partial charge in [-0.2, -0.15) is 0 Å². The normalized spacial score (nSPS) is 10.5. The molecular weight excluding hydrogens is 280 g/mol. The maximum atomic E-state index is 11.9. The molecule has 0 spiro atoms. The van der Waals surface area contributed by atoms with Crippen molar-refractivity contribution in [2.75, 3.05) is 13.7 Å². The average Bonchev–Trinajstić information content (AvgIpc) is 3.02. The Kier molecular flexibility index (Phi) is 5.58. The van der Waals surface area contributed by atoms with Crippen LogP contribution < -0.4 is 4.74 Å². The summed E-state index contributed by atoms with van der Waals surface area (Å²) >= 11 is 0. The summed E-state index contributed by atoms with van der Waals surface area (Å²) in [6.45, 7) is 5.12. The predicted molar refractivity (Wildman–Crippen MR) is 84.5 cm³/mol. The van der Waals surface area contributed by atoms with Crippen molar-refractivity contribution in [3.05, 3.63) is 36.0 Å². The zero-order chi connectivity index (χ0) is 15.9. The van der Waals surface area contributed by atoms with Gasteiger partial charge >= 0.3 is 0 Å². The second-order valence-corrected chi connectivity index (χ2v) is 5.05. The fourth-order valence-electron chi connectivity index (χ4n) is 2.34. The third-order valence-corrected chi connectivity index (χ3v) is 3.43. The summed E-state index contributed by atoms with van der Waals surface area (Å²) in [4.78, 5) is 13.7. The average molecular weight is 302 g/mol. The summed E-state index contributed by atoms with van der Waals surface area (Å²) in [5.74, 6) is 1.51. The van der Waals surface area contributed by atoms with Crippen LogP contribution in [0.1, 0.15) is 32.4 Å². The number of amides is 1. The molecule has 0 aliphatic rings. The van der Waals surface area contributed by atoms with Crippen molar-refractivity contribution in [3.63, 3.8) is 0 Å². The zero-order valence-corrected chi connectivity index (χ0v) is 13.3. The summed E-state index contributed by atoms with van der Waals surface area (Å²) in [7, 11) is 1.62. The standard InChI is InChI=1S/C17H22N2O3/c1-4-10-19(17(20)5-2)12-13-11-16(22-18-13)14-8-6-7-9-15(14)21-3/h6-9,11H,4-5,10,12H2,1-3H3. The molecule has 0 aliphatic carbocycles. The Labute approximate surface area is 130 Å². The van der Waals surface area contributed by atoms with Crippen LogP contribution in [0.5, 0.6) is 5.75 Å². The van der Waals surface area contributed by atoms with Crippen LogP contribution in [0.15, 0.2) is 34.9 Å². The zero-order valence-electron chi connectivity index (χ0n) is 13.3. The molecule has 0 saturated heterocycles. The van der Waals surface area contributed by atoms with Crippen LogP contribution in [0.25, 0.3) is 11.3 Å². The second kappa shape index (κ2) is 7.64. The number of rotatable bonds is 7. The van der Waals surface area contributed by atoms with Gasteiger partial charge in [-0.05, 0) is 18.6 Å². The predicted octanol–water partition coefficient (Wildman–Crippen LogP) is 3.50. The molecule has 0 N–H and O–H groups in total. The van der Waals surface area contributed by atoms with Gasteiger partial charge in [-0.1, -0.05) is 31.1 Å². The van der Waals surface area contributed by atoms with Crippen molar-refractivity contribution in [1.29, 1.82) is 0 Å². The smallest absolute Gasteiger partial charge is 0.222 e. The first-order valence-corrected chi connectivity index (χ1v) is 7.56. The van der Waals surface area contributed by atoms with E-state index in [-0.39, 0.29) is 5.91 Å². The first-order valence-electron chi connectivity index (χ1n) is 7.56. The Hall–Kier alpha value is -2.30. The highest BCUT2D eigenvalue weighted by atomic mass is 16.5. The van der Waals surface area contributed by atoms with E-state index in [1.165, 1.54) is 0 Å². The molecule has 0 radical (unpaired) electrons. The van der Waals surface area contributed by atoms with Gasteiger partial charge in [0, 0.05) is 19.0 Å². The highest BCUT2D eigenvalue weighted by molar-refractivity contribution is 5.75. The van der Waals surface area contributed by atoms with Gasteiger partial charge in [0.1, 0.15) is 11.4 Å². The number of ether oxygens (including phenoxy) is 1. The molecule has 1 aromatic heterocycles. The topological polar surface area (TPSA) is 55.6 Å². The molecule has 5 heteroatoms. The third-order valence-electron chi connectivity index (χ3n) is 3.43. The van der Waals surface area contributed by atoms with Gasteiger partial charge in [0.05, 0.1) is 19.2 Å². The summed E-state index contributed by atoms with van der Waals surface area (Å²) in [5, 5.41) is 4.08. The van der Waals surface area contributed by atoms with Crippen LogP contribution in [0, 0.1) is 0 Å². The highest BCUT2D eigenvalue weighted by Gasteiger charge is 2.16. The van der Waals surface area contributed by atoms with Crippen LogP contribution in [0.4, 0.5) is 0 Å². The Morgan fingerprint density at radius 1 is 1.32 bits per heavy atom. The Morgan fingerprint density at radius 2 is 2.09 bits per heavy atom.